The molecule has 0 aliphatic rings. The number of hydrogen-bond acceptors (Lipinski definition) is 6. The van der Waals surface area contributed by atoms with Gasteiger partial charge in [-0.15, -0.1) is 0 Å². The molecule has 134 valence electrons. The predicted octanol–water partition coefficient (Wildman–Crippen LogP) is -2.10. The van der Waals surface area contributed by atoms with Crippen LogP contribution in [0.2, 0.25) is 0 Å². The number of rotatable bonds is 5. The molecule has 7 nitrogen and oxygen atoms in total. The number of benzene rings is 1. The van der Waals surface area contributed by atoms with Gasteiger partial charge in [-0.2, -0.15) is 22.0 Å². The third-order valence-electron chi connectivity index (χ3n) is 2.20. The molecule has 0 aromatic heterocycles. The van der Waals surface area contributed by atoms with Crippen molar-refractivity contribution in [3.05, 3.63) is 30.3 Å². The average molecular weight is 411 g/mol. The summed E-state index contributed by atoms with van der Waals surface area (Å²) in [6.45, 7) is 0. The maximum atomic E-state index is 13.7. The first-order chi connectivity index (χ1) is 10.1. The minimum atomic E-state index is -6.79. The third-order valence-corrected chi connectivity index (χ3v) is 8.03. The summed E-state index contributed by atoms with van der Waals surface area (Å²) in [5.41, 5.74) is -6.24. The monoisotopic (exact) mass is 411 g/mol. The predicted molar refractivity (Wildman–Crippen MR) is 66.7 cm³/mol. The second kappa shape index (κ2) is 6.88. The molecule has 0 fully saturated rings. The second-order valence-corrected chi connectivity index (χ2v) is 9.72. The molecule has 1 N–H and O–H groups in total. The van der Waals surface area contributed by atoms with Crippen LogP contribution in [0.3, 0.4) is 0 Å². The molecule has 0 aliphatic carbocycles. The minimum absolute atomic E-state index is 0. The molecule has 0 heterocycles. The fourth-order valence-corrected chi connectivity index (χ4v) is 5.58. The average Bonchev–Trinajstić information content (AvgIpc) is 2.36. The summed E-state index contributed by atoms with van der Waals surface area (Å²) in [7, 11) is -19.6. The van der Waals surface area contributed by atoms with Crippen molar-refractivity contribution in [2.24, 2.45) is 0 Å². The van der Waals surface area contributed by atoms with E-state index in [1.807, 2.05) is 0 Å². The molecule has 1 aromatic rings. The standard InChI is InChI=1S/C8H6F5NO6S3.Li.H/c9-7(10,11)22(17,18)14-23(19,20)8(12,13)21(15,16)6-4-2-1-3-5-6;;/h1-5,14H;;/q;+1;-1. The van der Waals surface area contributed by atoms with Crippen LogP contribution >= 0.6 is 0 Å². The molecule has 0 atom stereocenters. The summed E-state index contributed by atoms with van der Waals surface area (Å²) in [6.07, 6.45) is 0. The van der Waals surface area contributed by atoms with E-state index < -0.39 is 44.9 Å². The zero-order chi connectivity index (χ0) is 18.3. The molecule has 1 aromatic carbocycles. The summed E-state index contributed by atoms with van der Waals surface area (Å²) < 4.78 is 124. The van der Waals surface area contributed by atoms with Gasteiger partial charge in [-0.25, -0.2) is 25.3 Å². The van der Waals surface area contributed by atoms with E-state index in [9.17, 15) is 47.2 Å². The smallest absolute Gasteiger partial charge is 1.00 e. The first-order valence-electron chi connectivity index (χ1n) is 5.08. The molecule has 0 amide bonds. The van der Waals surface area contributed by atoms with Crippen molar-refractivity contribution >= 4 is 29.9 Å². The zero-order valence-corrected chi connectivity index (χ0v) is 13.9. The summed E-state index contributed by atoms with van der Waals surface area (Å²) in [4.78, 5) is -1.24. The van der Waals surface area contributed by atoms with Gasteiger partial charge in [-0.1, -0.05) is 22.3 Å². The van der Waals surface area contributed by atoms with E-state index in [-0.39, 0.29) is 24.4 Å². The fraction of sp³-hybridized carbons (Fsp3) is 0.250. The number of nitrogens with one attached hydrogen (secondary N) is 1. The SMILES string of the molecule is O=S(=O)(NS(=O)(=O)C(F)(F)S(=O)(=O)c1ccccc1)C(F)(F)F.[H-].[Li+]. The maximum absolute atomic E-state index is 13.7. The Kier molecular flexibility index (Phi) is 6.68. The van der Waals surface area contributed by atoms with Gasteiger partial charge in [0.2, 0.25) is 0 Å². The van der Waals surface area contributed by atoms with Crippen molar-refractivity contribution in [1.29, 1.82) is 0 Å². The maximum Gasteiger partial charge on any atom is 1.00 e. The Labute approximate surface area is 146 Å². The minimum Gasteiger partial charge on any atom is -1.00 e. The number of hydrogen-bond donors (Lipinski definition) is 1. The van der Waals surface area contributed by atoms with Gasteiger partial charge in [0.05, 0.1) is 4.90 Å². The molecule has 0 saturated carbocycles. The fourth-order valence-electron chi connectivity index (χ4n) is 1.12. The molecule has 0 bridgehead atoms. The van der Waals surface area contributed by atoms with Crippen molar-refractivity contribution in [3.8, 4) is 0 Å². The van der Waals surface area contributed by atoms with Crippen LogP contribution in [0.1, 0.15) is 1.43 Å². The van der Waals surface area contributed by atoms with Crippen LogP contribution in [0.15, 0.2) is 35.2 Å². The topological polar surface area (TPSA) is 114 Å². The molecular weight excluding hydrogens is 404 g/mol. The Balaban J connectivity index is 0. The van der Waals surface area contributed by atoms with Crippen molar-refractivity contribution in [3.63, 3.8) is 0 Å². The summed E-state index contributed by atoms with van der Waals surface area (Å²) in [5, 5.41) is 0. The molecule has 0 aliphatic heterocycles. The quantitative estimate of drug-likeness (QED) is 0.439. The van der Waals surface area contributed by atoms with E-state index in [1.165, 1.54) is 6.07 Å². The van der Waals surface area contributed by atoms with Gasteiger partial charge in [0, 0.05) is 0 Å². The second-order valence-electron chi connectivity index (χ2n) is 3.82. The summed E-state index contributed by atoms with van der Waals surface area (Å²) >= 11 is 0. The molecule has 0 saturated heterocycles. The Morgan fingerprint density at radius 3 is 1.58 bits per heavy atom. The van der Waals surface area contributed by atoms with Gasteiger partial charge in [0.1, 0.15) is 0 Å². The third kappa shape index (κ3) is 4.09. The van der Waals surface area contributed by atoms with Crippen molar-refractivity contribution < 1.29 is 67.5 Å². The van der Waals surface area contributed by atoms with Gasteiger partial charge in [0.15, 0.2) is 0 Å². The molecule has 0 spiro atoms. The first-order valence-corrected chi connectivity index (χ1v) is 9.53. The van der Waals surface area contributed by atoms with Crippen LogP contribution in [0.25, 0.3) is 0 Å². The van der Waals surface area contributed by atoms with E-state index in [1.54, 1.807) is 0 Å². The number of sulfonamides is 2. The number of halogens is 5. The van der Waals surface area contributed by atoms with Crippen molar-refractivity contribution in [2.45, 2.75) is 15.0 Å². The van der Waals surface area contributed by atoms with Crippen molar-refractivity contribution in [1.82, 2.24) is 4.13 Å². The molecule has 1 rings (SSSR count). The Morgan fingerprint density at radius 1 is 0.792 bits per heavy atom. The number of sulfone groups is 1. The van der Waals surface area contributed by atoms with E-state index >= 15 is 0 Å². The molecule has 0 radical (unpaired) electrons. The molecule has 24 heavy (non-hydrogen) atoms. The van der Waals surface area contributed by atoms with Gasteiger partial charge < -0.3 is 1.43 Å². The van der Waals surface area contributed by atoms with E-state index in [0.717, 1.165) is 12.1 Å². The Morgan fingerprint density at radius 2 is 1.21 bits per heavy atom. The van der Waals surface area contributed by atoms with Gasteiger partial charge in [-0.05, 0) is 12.1 Å². The van der Waals surface area contributed by atoms with E-state index in [0.29, 0.717) is 12.1 Å². The van der Waals surface area contributed by atoms with E-state index in [2.05, 4.69) is 0 Å². The molecule has 16 heteroatoms. The van der Waals surface area contributed by atoms with Crippen LogP contribution in [0.4, 0.5) is 22.0 Å². The van der Waals surface area contributed by atoms with Crippen LogP contribution in [0, 0.1) is 0 Å². The van der Waals surface area contributed by atoms with Crippen LogP contribution in [0.5, 0.6) is 0 Å². The normalized spacial score (nSPS) is 14.0. The zero-order valence-electron chi connectivity index (χ0n) is 12.5. The number of alkyl halides is 5. The Hall–Kier alpha value is -0.723. The summed E-state index contributed by atoms with van der Waals surface area (Å²) in [6, 6.07) is 4.18. The van der Waals surface area contributed by atoms with Gasteiger partial charge >= 0.3 is 49.0 Å². The van der Waals surface area contributed by atoms with Crippen LogP contribution < -0.4 is 23.0 Å². The largest absolute Gasteiger partial charge is 1.00 e. The molecule has 0 unspecified atom stereocenters. The first kappa shape index (κ1) is 23.3. The van der Waals surface area contributed by atoms with Crippen LogP contribution in [-0.2, 0) is 29.9 Å². The van der Waals surface area contributed by atoms with E-state index in [4.69, 9.17) is 0 Å². The van der Waals surface area contributed by atoms with Gasteiger partial charge in [-0.3, -0.25) is 0 Å². The van der Waals surface area contributed by atoms with Crippen molar-refractivity contribution in [2.75, 3.05) is 0 Å². The van der Waals surface area contributed by atoms with Gasteiger partial charge in [0.25, 0.3) is 9.84 Å². The summed E-state index contributed by atoms with van der Waals surface area (Å²) in [5.74, 6) is 0. The van der Waals surface area contributed by atoms with Crippen LogP contribution in [-0.4, -0.2) is 35.3 Å². The molecular formula is C8H7F5LiNO6S3. The Bertz CT molecular complexity index is 901.